The number of halogens is 1. The van der Waals surface area contributed by atoms with Gasteiger partial charge < -0.3 is 25.4 Å². The molecule has 2 atom stereocenters. The molecule has 2 aliphatic rings. The summed E-state index contributed by atoms with van der Waals surface area (Å²) in [6, 6.07) is 1.92. The zero-order valence-corrected chi connectivity index (χ0v) is 17.0. The number of aliphatic hydroxyl groups is 1. The Hall–Kier alpha value is -1.64. The van der Waals surface area contributed by atoms with Gasteiger partial charge in [0.25, 0.3) is 0 Å². The Bertz CT molecular complexity index is 884. The number of anilines is 3. The molecule has 0 saturated carbocycles. The molecule has 0 aromatic carbocycles. The summed E-state index contributed by atoms with van der Waals surface area (Å²) in [5.74, 6) is 0.497. The summed E-state index contributed by atoms with van der Waals surface area (Å²) in [6.45, 7) is 7.00. The van der Waals surface area contributed by atoms with Crippen LogP contribution in [0.5, 0.6) is 0 Å². The Morgan fingerprint density at radius 3 is 2.81 bits per heavy atom. The normalized spacial score (nSPS) is 24.2. The van der Waals surface area contributed by atoms with Gasteiger partial charge in [-0.25, -0.2) is 4.98 Å². The SMILES string of the molecule is COCCC1(C)C2N(CC(C)(C)O)c3c(c(N)nc4cc(Br)cnc34)N21. The molecule has 0 bridgehead atoms. The van der Waals surface area contributed by atoms with Crippen molar-refractivity contribution in [2.75, 3.05) is 35.8 Å². The number of nitrogen functional groups attached to an aromatic ring is 1. The molecule has 7 nitrogen and oxygen atoms in total. The molecule has 0 radical (unpaired) electrons. The second-order valence-electron chi connectivity index (χ2n) is 8.00. The first kappa shape index (κ1) is 17.8. The molecule has 0 amide bonds. The third kappa shape index (κ3) is 2.54. The first-order chi connectivity index (χ1) is 12.2. The summed E-state index contributed by atoms with van der Waals surface area (Å²) < 4.78 is 6.16. The maximum absolute atomic E-state index is 10.5. The van der Waals surface area contributed by atoms with E-state index >= 15 is 0 Å². The van der Waals surface area contributed by atoms with Crippen LogP contribution in [-0.2, 0) is 4.74 Å². The first-order valence-electron chi connectivity index (χ1n) is 8.69. The van der Waals surface area contributed by atoms with Crippen LogP contribution in [0.3, 0.4) is 0 Å². The van der Waals surface area contributed by atoms with Crippen molar-refractivity contribution in [1.29, 1.82) is 0 Å². The van der Waals surface area contributed by atoms with Gasteiger partial charge in [0, 0.05) is 30.9 Å². The van der Waals surface area contributed by atoms with Crippen LogP contribution in [0.15, 0.2) is 16.7 Å². The van der Waals surface area contributed by atoms with Crippen molar-refractivity contribution in [2.45, 2.75) is 44.5 Å². The zero-order chi connectivity index (χ0) is 18.9. The second kappa shape index (κ2) is 5.68. The second-order valence-corrected chi connectivity index (χ2v) is 8.92. The minimum Gasteiger partial charge on any atom is -0.389 e. The van der Waals surface area contributed by atoms with Crippen molar-refractivity contribution in [3.63, 3.8) is 0 Å². The predicted octanol–water partition coefficient (Wildman–Crippen LogP) is 2.51. The Morgan fingerprint density at radius 1 is 1.42 bits per heavy atom. The molecule has 4 rings (SSSR count). The topological polar surface area (TPSA) is 87.5 Å². The Balaban J connectivity index is 1.89. The van der Waals surface area contributed by atoms with Crippen molar-refractivity contribution in [1.82, 2.24) is 9.97 Å². The van der Waals surface area contributed by atoms with Crippen LogP contribution in [0.4, 0.5) is 17.2 Å². The quantitative estimate of drug-likeness (QED) is 0.716. The standard InChI is InChI=1S/C18H24BrN5O2/c1-17(2,25)9-23-13-12-11(7-10(19)8-21-12)22-15(20)14(13)24-16(23)18(24,3)5-6-26-4/h7-8,16,25H,5-6,9H2,1-4H3,(H2,20,22). The van der Waals surface area contributed by atoms with Crippen LogP contribution in [-0.4, -0.2) is 52.6 Å². The van der Waals surface area contributed by atoms with E-state index in [2.05, 4.69) is 42.6 Å². The number of ether oxygens (including phenoxy) is 1. The molecule has 0 aliphatic carbocycles. The molecule has 8 heteroatoms. The monoisotopic (exact) mass is 421 g/mol. The van der Waals surface area contributed by atoms with E-state index in [1.54, 1.807) is 13.3 Å². The third-order valence-electron chi connectivity index (χ3n) is 5.24. The van der Waals surface area contributed by atoms with Crippen LogP contribution in [0.25, 0.3) is 11.0 Å². The van der Waals surface area contributed by atoms with Gasteiger partial charge in [-0.2, -0.15) is 0 Å². The van der Waals surface area contributed by atoms with Gasteiger partial charge in [0.05, 0.1) is 22.3 Å². The summed E-state index contributed by atoms with van der Waals surface area (Å²) in [5.41, 5.74) is 8.86. The molecular formula is C18H24BrN5O2. The third-order valence-corrected chi connectivity index (χ3v) is 5.68. The van der Waals surface area contributed by atoms with Crippen LogP contribution in [0.2, 0.25) is 0 Å². The Kier molecular flexibility index (Phi) is 3.88. The lowest BCUT2D eigenvalue weighted by molar-refractivity contribution is 0.0867. The van der Waals surface area contributed by atoms with E-state index in [0.717, 1.165) is 33.3 Å². The van der Waals surface area contributed by atoms with Crippen molar-refractivity contribution in [3.8, 4) is 0 Å². The molecule has 140 valence electrons. The Morgan fingerprint density at radius 2 is 2.15 bits per heavy atom. The van der Waals surface area contributed by atoms with E-state index in [4.69, 9.17) is 10.5 Å². The van der Waals surface area contributed by atoms with E-state index in [1.807, 2.05) is 19.9 Å². The lowest BCUT2D eigenvalue weighted by Gasteiger charge is -2.31. The first-order valence-corrected chi connectivity index (χ1v) is 9.49. The molecule has 4 heterocycles. The van der Waals surface area contributed by atoms with Gasteiger partial charge in [-0.3, -0.25) is 4.98 Å². The van der Waals surface area contributed by atoms with E-state index in [9.17, 15) is 5.11 Å². The predicted molar refractivity (Wildman–Crippen MR) is 106 cm³/mol. The number of hydrogen-bond acceptors (Lipinski definition) is 7. The summed E-state index contributed by atoms with van der Waals surface area (Å²) in [4.78, 5) is 13.7. The molecule has 2 aromatic heterocycles. The number of hydrogen-bond donors (Lipinski definition) is 2. The molecule has 1 fully saturated rings. The lowest BCUT2D eigenvalue weighted by Crippen LogP contribution is -2.42. The number of nitrogens with zero attached hydrogens (tertiary/aromatic N) is 4. The number of rotatable bonds is 5. The number of pyridine rings is 2. The van der Waals surface area contributed by atoms with E-state index in [0.29, 0.717) is 19.0 Å². The van der Waals surface area contributed by atoms with Crippen LogP contribution < -0.4 is 15.5 Å². The van der Waals surface area contributed by atoms with Gasteiger partial charge in [0.2, 0.25) is 0 Å². The van der Waals surface area contributed by atoms with Gasteiger partial charge in [0.15, 0.2) is 0 Å². The average molecular weight is 422 g/mol. The molecule has 0 spiro atoms. The van der Waals surface area contributed by atoms with Gasteiger partial charge in [-0.15, -0.1) is 0 Å². The molecule has 3 N–H and O–H groups in total. The fourth-order valence-corrected chi connectivity index (χ4v) is 4.47. The summed E-state index contributed by atoms with van der Waals surface area (Å²) >= 11 is 3.45. The average Bonchev–Trinajstić information content (AvgIpc) is 2.96. The van der Waals surface area contributed by atoms with Crippen molar-refractivity contribution < 1.29 is 9.84 Å². The summed E-state index contributed by atoms with van der Waals surface area (Å²) in [7, 11) is 1.71. The molecule has 2 aliphatic heterocycles. The van der Waals surface area contributed by atoms with Gasteiger partial charge in [0.1, 0.15) is 23.2 Å². The summed E-state index contributed by atoms with van der Waals surface area (Å²) in [5, 5.41) is 10.5. The van der Waals surface area contributed by atoms with E-state index in [1.165, 1.54) is 0 Å². The van der Waals surface area contributed by atoms with Gasteiger partial charge in [-0.1, -0.05) is 0 Å². The highest BCUT2D eigenvalue weighted by Gasteiger charge is 2.67. The highest BCUT2D eigenvalue weighted by atomic mass is 79.9. The zero-order valence-electron chi connectivity index (χ0n) is 15.5. The van der Waals surface area contributed by atoms with Crippen molar-refractivity contribution in [3.05, 3.63) is 16.7 Å². The van der Waals surface area contributed by atoms with E-state index in [-0.39, 0.29) is 11.7 Å². The molecular weight excluding hydrogens is 398 g/mol. The van der Waals surface area contributed by atoms with Gasteiger partial charge >= 0.3 is 0 Å². The number of β-amino-alcohol motifs (C(OH)–C–C–N with tert-alkyl or cyclic N) is 1. The highest BCUT2D eigenvalue weighted by Crippen LogP contribution is 2.62. The largest absolute Gasteiger partial charge is 0.389 e. The van der Waals surface area contributed by atoms with Crippen LogP contribution in [0.1, 0.15) is 27.2 Å². The molecule has 2 aromatic rings. The fourth-order valence-electron chi connectivity index (χ4n) is 4.15. The highest BCUT2D eigenvalue weighted by molar-refractivity contribution is 9.10. The smallest absolute Gasteiger partial charge is 0.150 e. The van der Waals surface area contributed by atoms with Crippen molar-refractivity contribution >= 4 is 44.2 Å². The fraction of sp³-hybridized carbons (Fsp3) is 0.556. The molecule has 26 heavy (non-hydrogen) atoms. The van der Waals surface area contributed by atoms with Crippen molar-refractivity contribution in [2.24, 2.45) is 0 Å². The number of fused-ring (bicyclic) bond motifs is 5. The maximum atomic E-state index is 10.5. The lowest BCUT2D eigenvalue weighted by atomic mass is 10.0. The summed E-state index contributed by atoms with van der Waals surface area (Å²) in [6.07, 6.45) is 2.77. The molecule has 2 unspecified atom stereocenters. The Labute approximate surface area is 161 Å². The maximum Gasteiger partial charge on any atom is 0.150 e. The van der Waals surface area contributed by atoms with Gasteiger partial charge in [-0.05, 0) is 49.2 Å². The number of nitrogens with two attached hydrogens (primary N) is 1. The van der Waals surface area contributed by atoms with Crippen LogP contribution in [0, 0.1) is 0 Å². The number of methoxy groups -OCH3 is 1. The van der Waals surface area contributed by atoms with Crippen LogP contribution >= 0.6 is 15.9 Å². The van der Waals surface area contributed by atoms with E-state index < -0.39 is 5.60 Å². The minimum absolute atomic E-state index is 0.0902. The number of aromatic nitrogens is 2. The minimum atomic E-state index is -0.849. The molecule has 1 saturated heterocycles.